The first-order chi connectivity index (χ1) is 16.0. The molecule has 0 aromatic heterocycles. The highest BCUT2D eigenvalue weighted by Gasteiger charge is 2.29. The van der Waals surface area contributed by atoms with Crippen LogP contribution in [-0.4, -0.2) is 35.5 Å². The summed E-state index contributed by atoms with van der Waals surface area (Å²) in [6.45, 7) is 17.6. The van der Waals surface area contributed by atoms with Crippen LogP contribution in [0.5, 0.6) is 5.75 Å². The Morgan fingerprint density at radius 1 is 0.853 bits per heavy atom. The van der Waals surface area contributed by atoms with Gasteiger partial charge < -0.3 is 10.1 Å². The molecule has 1 N–H and O–H groups in total. The minimum absolute atomic E-state index is 0.115. The zero-order valence-electron chi connectivity index (χ0n) is 22.4. The summed E-state index contributed by atoms with van der Waals surface area (Å²) in [5, 5.41) is 3.24. The Kier molecular flexibility index (Phi) is 11.1. The maximum absolute atomic E-state index is 13.4. The van der Waals surface area contributed by atoms with Crippen LogP contribution in [0.3, 0.4) is 0 Å². The van der Waals surface area contributed by atoms with Crippen LogP contribution in [0.1, 0.15) is 72.4 Å². The highest BCUT2D eigenvalue weighted by atomic mass is 16.5. The third-order valence-electron chi connectivity index (χ3n) is 5.83. The number of nitrogens with zero attached hydrogens (tertiary/aromatic N) is 1. The van der Waals surface area contributed by atoms with Gasteiger partial charge in [0.25, 0.3) is 0 Å². The molecule has 1 unspecified atom stereocenters. The van der Waals surface area contributed by atoms with E-state index in [1.165, 1.54) is 0 Å². The molecule has 0 spiro atoms. The number of nitrogens with one attached hydrogen (secondary N) is 1. The normalized spacial score (nSPS) is 12.9. The van der Waals surface area contributed by atoms with Crippen LogP contribution in [0.15, 0.2) is 54.6 Å². The van der Waals surface area contributed by atoms with Crippen molar-refractivity contribution in [1.29, 1.82) is 0 Å². The Hall–Kier alpha value is -2.33. The van der Waals surface area contributed by atoms with Crippen molar-refractivity contribution in [1.82, 2.24) is 10.2 Å². The number of rotatable bonds is 13. The number of benzene rings is 2. The summed E-state index contributed by atoms with van der Waals surface area (Å²) in [5.41, 5.74) is 2.04. The fourth-order valence-corrected chi connectivity index (χ4v) is 3.80. The lowest BCUT2D eigenvalue weighted by atomic mass is 9.99. The summed E-state index contributed by atoms with van der Waals surface area (Å²) in [4.78, 5) is 15.8. The molecule has 0 aliphatic rings. The van der Waals surface area contributed by atoms with Gasteiger partial charge in [0, 0.05) is 5.54 Å². The van der Waals surface area contributed by atoms with Crippen LogP contribution in [0, 0.1) is 11.8 Å². The third-order valence-corrected chi connectivity index (χ3v) is 5.83. The third kappa shape index (κ3) is 10.7. The van der Waals surface area contributed by atoms with E-state index in [0.29, 0.717) is 24.9 Å². The van der Waals surface area contributed by atoms with Gasteiger partial charge in [0.05, 0.1) is 6.04 Å². The second-order valence-corrected chi connectivity index (χ2v) is 11.3. The fraction of sp³-hybridized carbons (Fsp3) is 0.567. The van der Waals surface area contributed by atoms with E-state index in [9.17, 15) is 4.79 Å². The molecule has 1 atom stereocenters. The molecule has 4 nitrogen and oxygen atoms in total. The molecule has 34 heavy (non-hydrogen) atoms. The standard InChI is InChI=1S/C30H46N2O2/c1-23(2)17-19-32(20-18-24(3)4)28(29(33)31-30(5,6)7)21-25-13-15-27(16-14-25)34-22-26-11-9-8-10-12-26/h8-16,23-24,28H,17-22H2,1-7H3,(H,31,33). The molecule has 4 heteroatoms. The quantitative estimate of drug-likeness (QED) is 0.367. The predicted octanol–water partition coefficient (Wildman–Crippen LogP) is 6.49. The first-order valence-corrected chi connectivity index (χ1v) is 12.8. The van der Waals surface area contributed by atoms with Gasteiger partial charge in [-0.2, -0.15) is 0 Å². The Balaban J connectivity index is 2.15. The predicted molar refractivity (Wildman–Crippen MR) is 143 cm³/mol. The van der Waals surface area contributed by atoms with Crippen molar-refractivity contribution in [2.45, 2.75) is 85.9 Å². The molecule has 0 saturated heterocycles. The Morgan fingerprint density at radius 2 is 1.41 bits per heavy atom. The first-order valence-electron chi connectivity index (χ1n) is 12.8. The molecule has 2 rings (SSSR count). The molecule has 2 aromatic rings. The minimum Gasteiger partial charge on any atom is -0.489 e. The van der Waals surface area contributed by atoms with Crippen molar-refractivity contribution in [3.63, 3.8) is 0 Å². The summed E-state index contributed by atoms with van der Waals surface area (Å²) in [7, 11) is 0. The van der Waals surface area contributed by atoms with Gasteiger partial charge >= 0.3 is 0 Å². The van der Waals surface area contributed by atoms with Gasteiger partial charge in [-0.1, -0.05) is 70.2 Å². The van der Waals surface area contributed by atoms with Crippen molar-refractivity contribution in [2.24, 2.45) is 11.8 Å². The second-order valence-electron chi connectivity index (χ2n) is 11.3. The number of ether oxygens (including phenoxy) is 1. The van der Waals surface area contributed by atoms with Gasteiger partial charge in [-0.3, -0.25) is 9.69 Å². The van der Waals surface area contributed by atoms with Crippen LogP contribution in [0.2, 0.25) is 0 Å². The van der Waals surface area contributed by atoms with Crippen LogP contribution in [0.4, 0.5) is 0 Å². The number of amides is 1. The Bertz CT molecular complexity index is 826. The van der Waals surface area contributed by atoms with Gasteiger partial charge in [-0.15, -0.1) is 0 Å². The SMILES string of the molecule is CC(C)CCN(CCC(C)C)C(Cc1ccc(OCc2ccccc2)cc1)C(=O)NC(C)(C)C. The van der Waals surface area contributed by atoms with Crippen LogP contribution >= 0.6 is 0 Å². The van der Waals surface area contributed by atoms with E-state index in [4.69, 9.17) is 4.74 Å². The number of hydrogen-bond acceptors (Lipinski definition) is 3. The summed E-state index contributed by atoms with van der Waals surface area (Å²) in [5.74, 6) is 2.17. The highest BCUT2D eigenvalue weighted by molar-refractivity contribution is 5.82. The highest BCUT2D eigenvalue weighted by Crippen LogP contribution is 2.19. The van der Waals surface area contributed by atoms with Crippen molar-refractivity contribution >= 4 is 5.91 Å². The molecule has 2 aromatic carbocycles. The molecule has 0 heterocycles. The lowest BCUT2D eigenvalue weighted by Gasteiger charge is -2.34. The number of carbonyl (C=O) groups is 1. The largest absolute Gasteiger partial charge is 0.489 e. The lowest BCUT2D eigenvalue weighted by molar-refractivity contribution is -0.128. The van der Waals surface area contributed by atoms with Crippen LogP contribution < -0.4 is 10.1 Å². The fourth-order valence-electron chi connectivity index (χ4n) is 3.80. The van der Waals surface area contributed by atoms with Gasteiger partial charge in [0.15, 0.2) is 0 Å². The van der Waals surface area contributed by atoms with E-state index in [1.54, 1.807) is 0 Å². The van der Waals surface area contributed by atoms with Gasteiger partial charge in [-0.25, -0.2) is 0 Å². The maximum Gasteiger partial charge on any atom is 0.238 e. The van der Waals surface area contributed by atoms with E-state index in [1.807, 2.05) is 51.1 Å². The van der Waals surface area contributed by atoms with Gasteiger partial charge in [-0.05, 0) is 88.2 Å². The Morgan fingerprint density at radius 3 is 1.91 bits per heavy atom. The van der Waals surface area contributed by atoms with E-state index < -0.39 is 0 Å². The molecule has 0 bridgehead atoms. The summed E-state index contributed by atoms with van der Waals surface area (Å²) >= 11 is 0. The Labute approximate surface area is 208 Å². The second kappa shape index (κ2) is 13.5. The zero-order chi connectivity index (χ0) is 25.1. The molecule has 0 aliphatic heterocycles. The molecular weight excluding hydrogens is 420 g/mol. The first kappa shape index (κ1) is 27.9. The topological polar surface area (TPSA) is 41.6 Å². The van der Waals surface area contributed by atoms with Gasteiger partial charge in [0.2, 0.25) is 5.91 Å². The zero-order valence-corrected chi connectivity index (χ0v) is 22.4. The van der Waals surface area contributed by atoms with E-state index in [0.717, 1.165) is 42.8 Å². The van der Waals surface area contributed by atoms with Crippen LogP contribution in [-0.2, 0) is 17.8 Å². The van der Waals surface area contributed by atoms with Gasteiger partial charge in [0.1, 0.15) is 12.4 Å². The van der Waals surface area contributed by atoms with Crippen molar-refractivity contribution in [3.8, 4) is 5.75 Å². The maximum atomic E-state index is 13.4. The average Bonchev–Trinajstić information content (AvgIpc) is 2.76. The lowest BCUT2D eigenvalue weighted by Crippen LogP contribution is -2.53. The molecule has 1 amide bonds. The van der Waals surface area contributed by atoms with E-state index >= 15 is 0 Å². The molecule has 0 aliphatic carbocycles. The molecule has 0 radical (unpaired) electrons. The number of carbonyl (C=O) groups excluding carboxylic acids is 1. The smallest absolute Gasteiger partial charge is 0.238 e. The van der Waals surface area contributed by atoms with Crippen molar-refractivity contribution in [3.05, 3.63) is 65.7 Å². The molecule has 188 valence electrons. The molecular formula is C30H46N2O2. The molecule has 0 saturated carbocycles. The summed E-state index contributed by atoms with van der Waals surface area (Å²) in [6, 6.07) is 18.2. The summed E-state index contributed by atoms with van der Waals surface area (Å²) in [6.07, 6.45) is 2.87. The average molecular weight is 467 g/mol. The van der Waals surface area contributed by atoms with Crippen LogP contribution in [0.25, 0.3) is 0 Å². The molecule has 0 fully saturated rings. The van der Waals surface area contributed by atoms with Crippen molar-refractivity contribution in [2.75, 3.05) is 13.1 Å². The van der Waals surface area contributed by atoms with Crippen molar-refractivity contribution < 1.29 is 9.53 Å². The minimum atomic E-state index is -0.258. The monoisotopic (exact) mass is 466 g/mol. The summed E-state index contributed by atoms with van der Waals surface area (Å²) < 4.78 is 5.95. The number of hydrogen-bond donors (Lipinski definition) is 1. The van der Waals surface area contributed by atoms with E-state index in [-0.39, 0.29) is 17.5 Å². The van der Waals surface area contributed by atoms with E-state index in [2.05, 4.69) is 62.2 Å².